The number of nitrogens with one attached hydrogen (secondary N) is 1. The lowest BCUT2D eigenvalue weighted by atomic mass is 9.81. The Labute approximate surface area is 247 Å². The van der Waals surface area contributed by atoms with Crippen molar-refractivity contribution in [3.05, 3.63) is 76.9 Å². The molecule has 222 valence electrons. The molecule has 2 atom stereocenters. The molecule has 3 aromatic heterocycles. The summed E-state index contributed by atoms with van der Waals surface area (Å²) in [5.41, 5.74) is 6.90. The maximum Gasteiger partial charge on any atom is 0.251 e. The molecule has 0 spiro atoms. The second kappa shape index (κ2) is 9.77. The van der Waals surface area contributed by atoms with Crippen LogP contribution in [0.15, 0.2) is 48.5 Å². The third kappa shape index (κ3) is 4.58. The van der Waals surface area contributed by atoms with E-state index in [9.17, 15) is 19.1 Å². The topological polar surface area (TPSA) is 141 Å². The molecule has 4 heterocycles. The number of fused-ring (bicyclic) bond motifs is 2. The molecule has 0 radical (unpaired) electrons. The van der Waals surface area contributed by atoms with Crippen molar-refractivity contribution in [3.63, 3.8) is 0 Å². The predicted octanol–water partition coefficient (Wildman–Crippen LogP) is 3.58. The number of carbonyl (C=O) groups excluding carboxylic acids is 2. The fourth-order valence-electron chi connectivity index (χ4n) is 5.88. The Hall–Kier alpha value is -4.51. The van der Waals surface area contributed by atoms with E-state index in [0.717, 1.165) is 36.9 Å². The number of aliphatic hydroxyl groups is 1. The summed E-state index contributed by atoms with van der Waals surface area (Å²) in [4.78, 5) is 30.9. The van der Waals surface area contributed by atoms with Gasteiger partial charge in [-0.05, 0) is 81.0 Å². The van der Waals surface area contributed by atoms with Crippen LogP contribution in [0.3, 0.4) is 0 Å². The molecule has 4 N–H and O–H groups in total. The molecule has 1 aromatic carbocycles. The van der Waals surface area contributed by atoms with E-state index >= 15 is 0 Å². The van der Waals surface area contributed by atoms with Crippen molar-refractivity contribution < 1.29 is 28.6 Å². The van der Waals surface area contributed by atoms with E-state index in [1.165, 1.54) is 19.2 Å². The lowest BCUT2D eigenvalue weighted by Crippen LogP contribution is -2.44. The minimum atomic E-state index is -1.55. The highest BCUT2D eigenvalue weighted by atomic mass is 19.1. The second-order valence-corrected chi connectivity index (χ2v) is 12.1. The first kappa shape index (κ1) is 27.3. The van der Waals surface area contributed by atoms with E-state index in [1.54, 1.807) is 41.8 Å². The fraction of sp³-hybridized carbons (Fsp3) is 0.375. The molecule has 43 heavy (non-hydrogen) atoms. The molecule has 4 aromatic rings. The number of methoxy groups -OCH3 is 1. The van der Waals surface area contributed by atoms with Crippen LogP contribution in [-0.4, -0.2) is 51.8 Å². The van der Waals surface area contributed by atoms with E-state index in [0.29, 0.717) is 39.9 Å². The van der Waals surface area contributed by atoms with Gasteiger partial charge in [-0.1, -0.05) is 0 Å². The smallest absolute Gasteiger partial charge is 0.251 e. The molecule has 0 saturated heterocycles. The summed E-state index contributed by atoms with van der Waals surface area (Å²) in [6.07, 6.45) is 3.67. The number of nitrogens with zero attached hydrogens (tertiary/aromatic N) is 3. The van der Waals surface area contributed by atoms with Gasteiger partial charge in [-0.15, -0.1) is 0 Å². The molecule has 3 aliphatic rings. The SMILES string of the molecule is COc1cc(C(=O)NCC(O)(c2cc3c(c(-c4ccc(F)cc4)n2)OC[C@]3(C)C(N)=O)C2CC2)cc2cc(C3CC3)nn12. The van der Waals surface area contributed by atoms with E-state index in [4.69, 9.17) is 20.2 Å². The lowest BCUT2D eigenvalue weighted by Gasteiger charge is -2.30. The van der Waals surface area contributed by atoms with E-state index in [-0.39, 0.29) is 30.7 Å². The van der Waals surface area contributed by atoms with Crippen LogP contribution in [0.4, 0.5) is 4.39 Å². The van der Waals surface area contributed by atoms with Crippen molar-refractivity contribution in [1.82, 2.24) is 19.9 Å². The lowest BCUT2D eigenvalue weighted by molar-refractivity contribution is -0.123. The molecule has 2 amide bonds. The van der Waals surface area contributed by atoms with Gasteiger partial charge in [0, 0.05) is 28.7 Å². The Bertz CT molecular complexity index is 1780. The summed E-state index contributed by atoms with van der Waals surface area (Å²) >= 11 is 0. The first-order valence-electron chi connectivity index (χ1n) is 14.4. The Kier molecular flexibility index (Phi) is 6.21. The van der Waals surface area contributed by atoms with Gasteiger partial charge in [0.25, 0.3) is 5.91 Å². The highest BCUT2D eigenvalue weighted by molar-refractivity contribution is 5.96. The standard InChI is InChI=1S/C32H32FN5O5/c1-31(30(34)40)16-43-28-23(31)14-25(36-27(28)18-5-9-21(33)10-6-18)32(41,20-7-8-20)15-35-29(39)19-11-22-13-24(17-3-4-17)37-38(22)26(12-19)42-2/h5-6,9-14,17,20,41H,3-4,7-8,15-16H2,1-2H3,(H2,34,40)(H,35,39)/t31-,32?/m0/s1. The number of carbonyl (C=O) groups is 2. The zero-order valence-corrected chi connectivity index (χ0v) is 23.9. The number of amides is 2. The van der Waals surface area contributed by atoms with Gasteiger partial charge in [0.15, 0.2) is 0 Å². The predicted molar refractivity (Wildman–Crippen MR) is 154 cm³/mol. The number of benzene rings is 1. The molecule has 1 aliphatic heterocycles. The van der Waals surface area contributed by atoms with Crippen LogP contribution >= 0.6 is 0 Å². The quantitative estimate of drug-likeness (QED) is 0.273. The number of ether oxygens (including phenoxy) is 2. The molecule has 11 heteroatoms. The number of rotatable bonds is 9. The van der Waals surface area contributed by atoms with Gasteiger partial charge in [-0.2, -0.15) is 5.10 Å². The van der Waals surface area contributed by atoms with Gasteiger partial charge in [-0.25, -0.2) is 13.9 Å². The van der Waals surface area contributed by atoms with Gasteiger partial charge in [0.05, 0.1) is 30.6 Å². The summed E-state index contributed by atoms with van der Waals surface area (Å²) in [6, 6.07) is 12.8. The molecular weight excluding hydrogens is 553 g/mol. The van der Waals surface area contributed by atoms with Crippen molar-refractivity contribution in [2.75, 3.05) is 20.3 Å². The minimum Gasteiger partial charge on any atom is -0.489 e. The first-order chi connectivity index (χ1) is 20.6. The van der Waals surface area contributed by atoms with Crippen molar-refractivity contribution in [1.29, 1.82) is 0 Å². The number of hydrogen-bond acceptors (Lipinski definition) is 7. The van der Waals surface area contributed by atoms with Crippen LogP contribution < -0.4 is 20.5 Å². The minimum absolute atomic E-state index is 0.0109. The third-order valence-electron chi connectivity index (χ3n) is 8.96. The Morgan fingerprint density at radius 3 is 2.58 bits per heavy atom. The molecule has 7 rings (SSSR count). The van der Waals surface area contributed by atoms with Gasteiger partial charge in [-0.3, -0.25) is 9.59 Å². The van der Waals surface area contributed by atoms with Crippen LogP contribution in [-0.2, 0) is 15.8 Å². The molecule has 2 fully saturated rings. The number of nitrogens with two attached hydrogens (primary N) is 1. The summed E-state index contributed by atoms with van der Waals surface area (Å²) < 4.78 is 26.9. The Balaban J connectivity index is 1.25. The third-order valence-corrected chi connectivity index (χ3v) is 8.96. The normalized spacial score (nSPS) is 20.7. The van der Waals surface area contributed by atoms with Gasteiger partial charge in [0.2, 0.25) is 11.8 Å². The maximum absolute atomic E-state index is 13.8. The number of pyridine rings is 2. The van der Waals surface area contributed by atoms with E-state index in [2.05, 4.69) is 10.4 Å². The highest BCUT2D eigenvalue weighted by Crippen LogP contribution is 2.50. The number of hydrogen-bond donors (Lipinski definition) is 3. The number of halogens is 1. The second-order valence-electron chi connectivity index (χ2n) is 12.1. The van der Waals surface area contributed by atoms with Crippen molar-refractivity contribution >= 4 is 17.3 Å². The molecule has 1 unspecified atom stereocenters. The fourth-order valence-corrected chi connectivity index (χ4v) is 5.88. The Morgan fingerprint density at radius 2 is 1.93 bits per heavy atom. The summed E-state index contributed by atoms with van der Waals surface area (Å²) in [6.45, 7) is 1.57. The van der Waals surface area contributed by atoms with E-state index in [1.807, 2.05) is 6.07 Å². The van der Waals surface area contributed by atoms with Crippen LogP contribution in [0.5, 0.6) is 11.6 Å². The summed E-state index contributed by atoms with van der Waals surface area (Å²) in [5.74, 6) is -0.310. The van der Waals surface area contributed by atoms with Gasteiger partial charge in [0.1, 0.15) is 34.9 Å². The zero-order chi connectivity index (χ0) is 30.1. The first-order valence-corrected chi connectivity index (χ1v) is 14.4. The average Bonchev–Trinajstić information content (AvgIpc) is 3.95. The average molecular weight is 586 g/mol. The van der Waals surface area contributed by atoms with Crippen LogP contribution in [0, 0.1) is 11.7 Å². The van der Waals surface area contributed by atoms with Crippen molar-refractivity contribution in [2.24, 2.45) is 11.7 Å². The number of primary amides is 1. The number of aromatic nitrogens is 3. The molecule has 2 saturated carbocycles. The molecule has 10 nitrogen and oxygen atoms in total. The van der Waals surface area contributed by atoms with Gasteiger partial charge < -0.3 is 25.6 Å². The van der Waals surface area contributed by atoms with Crippen molar-refractivity contribution in [2.45, 2.75) is 49.5 Å². The van der Waals surface area contributed by atoms with Crippen LogP contribution in [0.1, 0.15) is 65.8 Å². The molecular formula is C32H32FN5O5. The molecule has 2 aliphatic carbocycles. The summed E-state index contributed by atoms with van der Waals surface area (Å²) in [7, 11) is 1.53. The van der Waals surface area contributed by atoms with E-state index < -0.39 is 22.7 Å². The summed E-state index contributed by atoms with van der Waals surface area (Å²) in [5, 5.41) is 19.7. The largest absolute Gasteiger partial charge is 0.489 e. The monoisotopic (exact) mass is 585 g/mol. The van der Waals surface area contributed by atoms with Crippen LogP contribution in [0.25, 0.3) is 16.8 Å². The highest BCUT2D eigenvalue weighted by Gasteiger charge is 2.50. The van der Waals surface area contributed by atoms with Crippen molar-refractivity contribution in [3.8, 4) is 22.9 Å². The maximum atomic E-state index is 13.8. The zero-order valence-electron chi connectivity index (χ0n) is 23.9. The van der Waals surface area contributed by atoms with Gasteiger partial charge >= 0.3 is 0 Å². The van der Waals surface area contributed by atoms with Crippen LogP contribution in [0.2, 0.25) is 0 Å². The molecule has 0 bridgehead atoms. The Morgan fingerprint density at radius 1 is 1.19 bits per heavy atom.